The van der Waals surface area contributed by atoms with E-state index in [0.717, 1.165) is 6.26 Å². The number of benzene rings is 1. The van der Waals surface area contributed by atoms with Crippen molar-refractivity contribution in [1.82, 2.24) is 9.62 Å². The smallest absolute Gasteiger partial charge is 0.276 e. The van der Waals surface area contributed by atoms with Crippen molar-refractivity contribution < 1.29 is 26.4 Å². The summed E-state index contributed by atoms with van der Waals surface area (Å²) in [6.07, 6.45) is 1.95. The predicted molar refractivity (Wildman–Crippen MR) is 90.3 cm³/mol. The maximum atomic E-state index is 13.0. The minimum absolute atomic E-state index is 0.0148. The van der Waals surface area contributed by atoms with Gasteiger partial charge in [0.1, 0.15) is 5.72 Å². The molecule has 2 fully saturated rings. The second kappa shape index (κ2) is 6.44. The van der Waals surface area contributed by atoms with Crippen LogP contribution in [0.15, 0.2) is 29.2 Å². The highest BCUT2D eigenvalue weighted by atomic mass is 32.2. The van der Waals surface area contributed by atoms with Crippen LogP contribution in [0.2, 0.25) is 0 Å². The van der Waals surface area contributed by atoms with Gasteiger partial charge in [0, 0.05) is 31.2 Å². The highest BCUT2D eigenvalue weighted by Gasteiger charge is 2.49. The number of hydrogen-bond acceptors (Lipinski definition) is 7. The number of nitrogens with zero attached hydrogens (tertiary/aromatic N) is 1. The average Bonchev–Trinajstić information content (AvgIpc) is 2.98. The van der Waals surface area contributed by atoms with Crippen LogP contribution in [0.4, 0.5) is 0 Å². The Morgan fingerprint density at radius 1 is 1.12 bits per heavy atom. The van der Waals surface area contributed by atoms with Crippen molar-refractivity contribution in [3.8, 4) is 0 Å². The van der Waals surface area contributed by atoms with E-state index in [-0.39, 0.29) is 17.0 Å². The molecule has 0 atom stereocenters. The zero-order valence-corrected chi connectivity index (χ0v) is 15.4. The molecule has 0 amide bonds. The first-order valence-electron chi connectivity index (χ1n) is 7.89. The average molecular weight is 388 g/mol. The van der Waals surface area contributed by atoms with Crippen LogP contribution in [-0.2, 0) is 24.6 Å². The summed E-state index contributed by atoms with van der Waals surface area (Å²) in [6.45, 7) is 1.96. The van der Waals surface area contributed by atoms with Gasteiger partial charge in [0.05, 0.1) is 11.5 Å². The monoisotopic (exact) mass is 388 g/mol. The lowest BCUT2D eigenvalue weighted by atomic mass is 10.0. The normalized spacial score (nSPS) is 21.5. The molecule has 0 radical (unpaired) electrons. The Balaban J connectivity index is 1.91. The van der Waals surface area contributed by atoms with Crippen LogP contribution >= 0.6 is 0 Å². The molecule has 0 saturated carbocycles. The molecule has 8 nitrogen and oxygen atoms in total. The number of nitrogens with one attached hydrogen (secondary N) is 1. The van der Waals surface area contributed by atoms with Crippen LogP contribution in [-0.4, -0.2) is 64.5 Å². The number of rotatable bonds is 3. The van der Waals surface area contributed by atoms with Crippen LogP contribution in [0.3, 0.4) is 0 Å². The third-order valence-electron chi connectivity index (χ3n) is 4.52. The summed E-state index contributed by atoms with van der Waals surface area (Å²) in [4.78, 5) is 11.8. The van der Waals surface area contributed by atoms with E-state index in [1.54, 1.807) is 0 Å². The third kappa shape index (κ3) is 3.36. The molecule has 0 aromatic heterocycles. The lowest BCUT2D eigenvalue weighted by Gasteiger charge is -2.39. The fraction of sp³-hybridized carbons (Fsp3) is 0.533. The maximum Gasteiger partial charge on any atom is 0.276 e. The molecule has 1 N–H and O–H groups in total. The van der Waals surface area contributed by atoms with Gasteiger partial charge in [-0.1, -0.05) is 0 Å². The van der Waals surface area contributed by atoms with Gasteiger partial charge in [-0.2, -0.15) is 4.31 Å². The van der Waals surface area contributed by atoms with Gasteiger partial charge >= 0.3 is 0 Å². The van der Waals surface area contributed by atoms with E-state index in [4.69, 9.17) is 4.74 Å². The van der Waals surface area contributed by atoms with E-state index < -0.39 is 30.7 Å². The summed E-state index contributed by atoms with van der Waals surface area (Å²) >= 11 is 0. The standard InChI is InChI=1S/C15H20N2O6S2/c1-24(19,20)14(18)12-2-4-13(5-3-12)25(21,22)17-10-11-23-15(17)6-8-16-9-7-15/h2-5,16H,6-11H2,1H3. The summed E-state index contributed by atoms with van der Waals surface area (Å²) in [5, 5.41) is 2.15. The number of hydrogen-bond donors (Lipinski definition) is 1. The molecular formula is C15H20N2O6S2. The van der Waals surface area contributed by atoms with Gasteiger partial charge < -0.3 is 10.1 Å². The van der Waals surface area contributed by atoms with E-state index in [1.165, 1.54) is 28.6 Å². The van der Waals surface area contributed by atoms with Crippen molar-refractivity contribution in [1.29, 1.82) is 0 Å². The van der Waals surface area contributed by atoms with Crippen molar-refractivity contribution >= 4 is 25.0 Å². The quantitative estimate of drug-likeness (QED) is 0.774. The van der Waals surface area contributed by atoms with Crippen molar-refractivity contribution in [2.45, 2.75) is 23.5 Å². The first kappa shape index (κ1) is 18.5. The third-order valence-corrected chi connectivity index (χ3v) is 7.39. The zero-order chi connectivity index (χ0) is 18.3. The molecule has 0 aliphatic carbocycles. The molecule has 0 unspecified atom stereocenters. The second-order valence-electron chi connectivity index (χ2n) is 6.21. The fourth-order valence-corrected chi connectivity index (χ4v) is 5.54. The van der Waals surface area contributed by atoms with Gasteiger partial charge in [-0.3, -0.25) is 4.79 Å². The molecule has 1 aromatic carbocycles. The van der Waals surface area contributed by atoms with Crippen LogP contribution < -0.4 is 5.32 Å². The van der Waals surface area contributed by atoms with Gasteiger partial charge in [-0.25, -0.2) is 16.8 Å². The Morgan fingerprint density at radius 2 is 1.72 bits per heavy atom. The van der Waals surface area contributed by atoms with Gasteiger partial charge in [0.2, 0.25) is 19.9 Å². The number of sulfone groups is 1. The molecule has 25 heavy (non-hydrogen) atoms. The van der Waals surface area contributed by atoms with E-state index in [2.05, 4.69) is 5.32 Å². The minimum atomic E-state index is -3.87. The molecule has 138 valence electrons. The molecule has 1 spiro atoms. The SMILES string of the molecule is CS(=O)(=O)C(=O)c1ccc(S(=O)(=O)N2CCOC23CCNCC3)cc1. The molecule has 3 rings (SSSR count). The molecule has 0 bridgehead atoms. The Labute approximate surface area is 147 Å². The van der Waals surface area contributed by atoms with Crippen LogP contribution in [0.5, 0.6) is 0 Å². The van der Waals surface area contributed by atoms with E-state index >= 15 is 0 Å². The molecule has 2 aliphatic heterocycles. The Bertz CT molecular complexity index is 871. The zero-order valence-electron chi connectivity index (χ0n) is 13.8. The highest BCUT2D eigenvalue weighted by molar-refractivity contribution is 8.06. The van der Waals surface area contributed by atoms with E-state index in [1.807, 2.05) is 0 Å². The van der Waals surface area contributed by atoms with Crippen molar-refractivity contribution in [3.63, 3.8) is 0 Å². The molecular weight excluding hydrogens is 368 g/mol. The Kier molecular flexibility index (Phi) is 4.75. The fourth-order valence-electron chi connectivity index (χ4n) is 3.25. The summed E-state index contributed by atoms with van der Waals surface area (Å²) in [5.41, 5.74) is -0.888. The number of carbonyl (C=O) groups is 1. The predicted octanol–water partition coefficient (Wildman–Crippen LogP) is -0.0280. The van der Waals surface area contributed by atoms with Crippen LogP contribution in [0.1, 0.15) is 23.2 Å². The summed E-state index contributed by atoms with van der Waals surface area (Å²) in [5.74, 6) is 0. The summed E-state index contributed by atoms with van der Waals surface area (Å²) in [7, 11) is -7.67. The van der Waals surface area contributed by atoms with Crippen LogP contribution in [0.25, 0.3) is 0 Å². The van der Waals surface area contributed by atoms with Crippen molar-refractivity contribution in [3.05, 3.63) is 29.8 Å². The minimum Gasteiger partial charge on any atom is -0.358 e. The lowest BCUT2D eigenvalue weighted by molar-refractivity contribution is -0.0704. The highest BCUT2D eigenvalue weighted by Crippen LogP contribution is 2.36. The van der Waals surface area contributed by atoms with E-state index in [9.17, 15) is 21.6 Å². The van der Waals surface area contributed by atoms with Gasteiger partial charge in [-0.15, -0.1) is 0 Å². The van der Waals surface area contributed by atoms with Crippen molar-refractivity contribution in [2.75, 3.05) is 32.5 Å². The topological polar surface area (TPSA) is 110 Å². The molecule has 10 heteroatoms. The Morgan fingerprint density at radius 3 is 2.28 bits per heavy atom. The largest absolute Gasteiger partial charge is 0.358 e. The van der Waals surface area contributed by atoms with Gasteiger partial charge in [0.15, 0.2) is 0 Å². The first-order chi connectivity index (χ1) is 11.7. The number of piperidine rings is 1. The number of sulfonamides is 1. The second-order valence-corrected chi connectivity index (χ2v) is 9.98. The molecule has 2 aliphatic rings. The molecule has 1 aromatic rings. The summed E-state index contributed by atoms with van der Waals surface area (Å²) < 4.78 is 55.8. The number of ether oxygens (including phenoxy) is 1. The van der Waals surface area contributed by atoms with Gasteiger partial charge in [0.25, 0.3) is 5.12 Å². The van der Waals surface area contributed by atoms with E-state index in [0.29, 0.717) is 32.5 Å². The molecule has 2 saturated heterocycles. The number of carbonyl (C=O) groups excluding carboxylic acids is 1. The first-order valence-corrected chi connectivity index (χ1v) is 11.2. The maximum absolute atomic E-state index is 13.0. The molecule has 2 heterocycles. The van der Waals surface area contributed by atoms with Crippen LogP contribution in [0, 0.1) is 0 Å². The van der Waals surface area contributed by atoms with Crippen molar-refractivity contribution in [2.24, 2.45) is 0 Å². The summed E-state index contributed by atoms with van der Waals surface area (Å²) in [6, 6.07) is 4.98. The lowest BCUT2D eigenvalue weighted by Crippen LogP contribution is -2.53. The van der Waals surface area contributed by atoms with Gasteiger partial charge in [-0.05, 0) is 37.4 Å². The Hall–Kier alpha value is -1.33.